The van der Waals surface area contributed by atoms with Gasteiger partial charge in [0.1, 0.15) is 5.75 Å². The molecular weight excluding hydrogens is 296 g/mol. The quantitative estimate of drug-likeness (QED) is 0.906. The van der Waals surface area contributed by atoms with Crippen molar-refractivity contribution < 1.29 is 19.4 Å². The van der Waals surface area contributed by atoms with E-state index in [0.717, 1.165) is 0 Å². The average Bonchev–Trinajstić information content (AvgIpc) is 2.50. The summed E-state index contributed by atoms with van der Waals surface area (Å²) in [7, 11) is 0. The number of ether oxygens (including phenoxy) is 1. The van der Waals surface area contributed by atoms with Crippen molar-refractivity contribution >= 4 is 23.6 Å². The molecule has 1 aliphatic heterocycles. The van der Waals surface area contributed by atoms with Crippen LogP contribution in [0.5, 0.6) is 5.75 Å². The van der Waals surface area contributed by atoms with E-state index >= 15 is 0 Å². The van der Waals surface area contributed by atoms with E-state index in [2.05, 4.69) is 0 Å². The van der Waals surface area contributed by atoms with Gasteiger partial charge in [-0.2, -0.15) is 0 Å². The van der Waals surface area contributed by atoms with Crippen molar-refractivity contribution in [3.63, 3.8) is 0 Å². The summed E-state index contributed by atoms with van der Waals surface area (Å²) < 4.78 is 4.93. The summed E-state index contributed by atoms with van der Waals surface area (Å²) in [6, 6.07) is 4.36. The van der Waals surface area contributed by atoms with Crippen LogP contribution in [0.2, 0.25) is 5.02 Å². The van der Waals surface area contributed by atoms with E-state index in [1.54, 1.807) is 16.7 Å². The SMILES string of the molecule is CCOC(=O)N1CCN(C(=O)c2ccc(O)c(Cl)c2)CC1. The number of aromatic hydroxyl groups is 1. The molecule has 6 nitrogen and oxygen atoms in total. The molecule has 21 heavy (non-hydrogen) atoms. The number of nitrogens with zero attached hydrogens (tertiary/aromatic N) is 2. The molecule has 2 rings (SSSR count). The van der Waals surface area contributed by atoms with Gasteiger partial charge in [0.05, 0.1) is 11.6 Å². The second kappa shape index (κ2) is 6.67. The standard InChI is InChI=1S/C14H17ClN2O4/c1-2-21-14(20)17-7-5-16(6-8-17)13(19)10-3-4-12(18)11(15)9-10/h3-4,9,18H,2,5-8H2,1H3. The van der Waals surface area contributed by atoms with E-state index < -0.39 is 0 Å². The van der Waals surface area contributed by atoms with Gasteiger partial charge >= 0.3 is 6.09 Å². The van der Waals surface area contributed by atoms with Crippen LogP contribution >= 0.6 is 11.6 Å². The molecule has 0 atom stereocenters. The minimum atomic E-state index is -0.350. The van der Waals surface area contributed by atoms with Crippen molar-refractivity contribution in [2.45, 2.75) is 6.92 Å². The van der Waals surface area contributed by atoms with Gasteiger partial charge in [-0.1, -0.05) is 11.6 Å². The summed E-state index contributed by atoms with van der Waals surface area (Å²) in [4.78, 5) is 27.1. The normalized spacial score (nSPS) is 15.0. The van der Waals surface area contributed by atoms with Crippen molar-refractivity contribution in [1.82, 2.24) is 9.80 Å². The van der Waals surface area contributed by atoms with Gasteiger partial charge in [0.2, 0.25) is 0 Å². The molecule has 1 fully saturated rings. The molecule has 1 aromatic rings. The number of amides is 2. The minimum absolute atomic E-state index is 0.0552. The van der Waals surface area contributed by atoms with E-state index in [1.807, 2.05) is 0 Å². The monoisotopic (exact) mass is 312 g/mol. The Labute approximate surface area is 127 Å². The number of benzene rings is 1. The Hall–Kier alpha value is -1.95. The highest BCUT2D eigenvalue weighted by atomic mass is 35.5. The van der Waals surface area contributed by atoms with Crippen molar-refractivity contribution in [3.05, 3.63) is 28.8 Å². The van der Waals surface area contributed by atoms with E-state index in [0.29, 0.717) is 38.3 Å². The number of phenolic OH excluding ortho intramolecular Hbond substituents is 1. The summed E-state index contributed by atoms with van der Waals surface area (Å²) in [6.45, 7) is 3.86. The molecule has 0 spiro atoms. The van der Waals surface area contributed by atoms with Crippen molar-refractivity contribution in [2.75, 3.05) is 32.8 Å². The Morgan fingerprint density at radius 3 is 2.43 bits per heavy atom. The lowest BCUT2D eigenvalue weighted by atomic mass is 10.1. The predicted octanol–water partition coefficient (Wildman–Crippen LogP) is 1.96. The Morgan fingerprint density at radius 1 is 1.24 bits per heavy atom. The zero-order valence-electron chi connectivity index (χ0n) is 11.7. The van der Waals surface area contributed by atoms with Crippen molar-refractivity contribution in [1.29, 1.82) is 0 Å². The van der Waals surface area contributed by atoms with E-state index in [1.165, 1.54) is 18.2 Å². The Bertz CT molecular complexity index is 542. The minimum Gasteiger partial charge on any atom is -0.506 e. The molecule has 2 amide bonds. The number of halogens is 1. The number of carbonyl (C=O) groups is 2. The third kappa shape index (κ3) is 3.58. The molecule has 0 aliphatic carbocycles. The number of piperazine rings is 1. The Kier molecular flexibility index (Phi) is 4.90. The topological polar surface area (TPSA) is 70.1 Å². The van der Waals surface area contributed by atoms with Crippen LogP contribution in [0.25, 0.3) is 0 Å². The summed E-state index contributed by atoms with van der Waals surface area (Å²) in [5.41, 5.74) is 0.419. The van der Waals surface area contributed by atoms with Crippen LogP contribution in [0.4, 0.5) is 4.79 Å². The summed E-state index contributed by atoms with van der Waals surface area (Å²) in [5.74, 6) is -0.222. The largest absolute Gasteiger partial charge is 0.506 e. The van der Waals surface area contributed by atoms with Crippen molar-refractivity contribution in [3.8, 4) is 5.75 Å². The van der Waals surface area contributed by atoms with Gasteiger partial charge in [-0.3, -0.25) is 4.79 Å². The van der Waals surface area contributed by atoms with Gasteiger partial charge < -0.3 is 19.6 Å². The zero-order valence-corrected chi connectivity index (χ0v) is 12.5. The van der Waals surface area contributed by atoms with Crippen LogP contribution in [0.1, 0.15) is 17.3 Å². The van der Waals surface area contributed by atoms with E-state index in [9.17, 15) is 14.7 Å². The fourth-order valence-corrected chi connectivity index (χ4v) is 2.31. The molecule has 1 heterocycles. The van der Waals surface area contributed by atoms with Gasteiger partial charge in [-0.25, -0.2) is 4.79 Å². The van der Waals surface area contributed by atoms with Gasteiger partial charge in [-0.05, 0) is 25.1 Å². The fourth-order valence-electron chi connectivity index (χ4n) is 2.13. The first-order chi connectivity index (χ1) is 10.0. The van der Waals surface area contributed by atoms with Crippen molar-refractivity contribution in [2.24, 2.45) is 0 Å². The van der Waals surface area contributed by atoms with Crippen LogP contribution < -0.4 is 0 Å². The van der Waals surface area contributed by atoms with Gasteiger partial charge in [0, 0.05) is 31.7 Å². The first kappa shape index (κ1) is 15.4. The van der Waals surface area contributed by atoms with Crippen LogP contribution in [0, 0.1) is 0 Å². The third-order valence-electron chi connectivity index (χ3n) is 3.29. The molecule has 0 aromatic heterocycles. The number of rotatable bonds is 2. The van der Waals surface area contributed by atoms with E-state index in [-0.39, 0.29) is 22.8 Å². The highest BCUT2D eigenvalue weighted by molar-refractivity contribution is 6.32. The molecule has 1 aliphatic rings. The molecule has 0 saturated carbocycles. The number of hydrogen-bond acceptors (Lipinski definition) is 4. The lowest BCUT2D eigenvalue weighted by Crippen LogP contribution is -2.50. The van der Waals surface area contributed by atoms with Crippen LogP contribution in [0.3, 0.4) is 0 Å². The molecule has 0 unspecified atom stereocenters. The molecule has 114 valence electrons. The average molecular weight is 313 g/mol. The summed E-state index contributed by atoms with van der Waals surface area (Å²) in [5, 5.41) is 9.51. The second-order valence-corrected chi connectivity index (χ2v) is 5.05. The smallest absolute Gasteiger partial charge is 0.409 e. The highest BCUT2D eigenvalue weighted by Gasteiger charge is 2.25. The van der Waals surface area contributed by atoms with Crippen LogP contribution in [0.15, 0.2) is 18.2 Å². The molecule has 1 N–H and O–H groups in total. The number of hydrogen-bond donors (Lipinski definition) is 1. The maximum Gasteiger partial charge on any atom is 0.409 e. The third-order valence-corrected chi connectivity index (χ3v) is 3.59. The molecule has 1 saturated heterocycles. The fraction of sp³-hybridized carbons (Fsp3) is 0.429. The first-order valence-electron chi connectivity index (χ1n) is 6.72. The number of carbonyl (C=O) groups excluding carboxylic acids is 2. The molecule has 7 heteroatoms. The Morgan fingerprint density at radius 2 is 1.86 bits per heavy atom. The van der Waals surface area contributed by atoms with Crippen LogP contribution in [-0.2, 0) is 4.74 Å². The molecule has 0 bridgehead atoms. The predicted molar refractivity (Wildman–Crippen MR) is 77.6 cm³/mol. The lowest BCUT2D eigenvalue weighted by Gasteiger charge is -2.34. The maximum absolute atomic E-state index is 12.3. The summed E-state index contributed by atoms with van der Waals surface area (Å²) >= 11 is 5.81. The second-order valence-electron chi connectivity index (χ2n) is 4.64. The van der Waals surface area contributed by atoms with Crippen LogP contribution in [-0.4, -0.2) is 59.7 Å². The highest BCUT2D eigenvalue weighted by Crippen LogP contribution is 2.24. The molecule has 0 radical (unpaired) electrons. The van der Waals surface area contributed by atoms with E-state index in [4.69, 9.17) is 16.3 Å². The zero-order chi connectivity index (χ0) is 15.4. The number of phenols is 1. The lowest BCUT2D eigenvalue weighted by molar-refractivity contribution is 0.0570. The van der Waals surface area contributed by atoms with Gasteiger partial charge in [0.25, 0.3) is 5.91 Å². The van der Waals surface area contributed by atoms with Gasteiger partial charge in [0.15, 0.2) is 0 Å². The maximum atomic E-state index is 12.3. The Balaban J connectivity index is 1.97. The molecular formula is C14H17ClN2O4. The first-order valence-corrected chi connectivity index (χ1v) is 7.10. The summed E-state index contributed by atoms with van der Waals surface area (Å²) in [6.07, 6.45) is -0.350. The molecule has 1 aromatic carbocycles. The van der Waals surface area contributed by atoms with Gasteiger partial charge in [-0.15, -0.1) is 0 Å².